The molecule has 0 bridgehead atoms. The normalized spacial score (nSPS) is 8.06. The third-order valence-electron chi connectivity index (χ3n) is 2.60. The highest BCUT2D eigenvalue weighted by Crippen LogP contribution is 2.00. The fourth-order valence-corrected chi connectivity index (χ4v) is 1.49. The van der Waals surface area contributed by atoms with Crippen molar-refractivity contribution in [3.05, 3.63) is 0 Å². The summed E-state index contributed by atoms with van der Waals surface area (Å²) in [6, 6.07) is 0. The van der Waals surface area contributed by atoms with Gasteiger partial charge in [-0.25, -0.2) is 0 Å². The van der Waals surface area contributed by atoms with E-state index in [0.29, 0.717) is 26.4 Å². The van der Waals surface area contributed by atoms with Crippen LogP contribution in [0, 0.1) is 0 Å². The van der Waals surface area contributed by atoms with Crippen LogP contribution in [0.3, 0.4) is 0 Å². The molecule has 0 atom stereocenters. The van der Waals surface area contributed by atoms with Crippen molar-refractivity contribution in [3.63, 3.8) is 0 Å². The van der Waals surface area contributed by atoms with E-state index in [-0.39, 0.29) is 23.9 Å². The minimum absolute atomic E-state index is 0.211. The number of hydrogen-bond acceptors (Lipinski definition) is 8. The van der Waals surface area contributed by atoms with Crippen LogP contribution in [0.4, 0.5) is 0 Å². The number of hydrogen-bond donors (Lipinski definition) is 0. The lowest BCUT2D eigenvalue weighted by Crippen LogP contribution is -1.95. The van der Waals surface area contributed by atoms with Gasteiger partial charge in [-0.3, -0.25) is 19.2 Å². The van der Waals surface area contributed by atoms with Crippen molar-refractivity contribution in [2.75, 3.05) is 26.4 Å². The van der Waals surface area contributed by atoms with Crippen LogP contribution in [0.25, 0.3) is 0 Å². The lowest BCUT2D eigenvalue weighted by molar-refractivity contribution is -0.141. The first kappa shape index (κ1) is 39.4. The van der Waals surface area contributed by atoms with E-state index >= 15 is 0 Å². The van der Waals surface area contributed by atoms with Crippen LogP contribution in [0.1, 0.15) is 101 Å². The van der Waals surface area contributed by atoms with Gasteiger partial charge in [0.15, 0.2) is 0 Å². The van der Waals surface area contributed by atoms with E-state index in [1.54, 1.807) is 27.7 Å². The first-order valence-corrected chi connectivity index (χ1v) is 11.0. The molecule has 0 saturated heterocycles. The molecule has 0 unspecified atom stereocenters. The Kier molecular flexibility index (Phi) is 48.9. The van der Waals surface area contributed by atoms with Gasteiger partial charge in [-0.05, 0) is 27.7 Å². The number of unbranched alkanes of at least 4 members (excludes halogenated alkanes) is 4. The van der Waals surface area contributed by atoms with Crippen LogP contribution in [0.5, 0.6) is 0 Å². The topological polar surface area (TPSA) is 105 Å². The highest BCUT2D eigenvalue weighted by Gasteiger charge is 1.83. The summed E-state index contributed by atoms with van der Waals surface area (Å²) in [5.74, 6) is -0.843. The Balaban J connectivity index is -0.0000000910. The van der Waals surface area contributed by atoms with Crippen LogP contribution in [-0.4, -0.2) is 50.3 Å². The zero-order valence-electron chi connectivity index (χ0n) is 21.6. The molecular formula is C23H48O8. The van der Waals surface area contributed by atoms with Gasteiger partial charge in [0.1, 0.15) is 0 Å². The molecule has 0 spiro atoms. The van der Waals surface area contributed by atoms with Gasteiger partial charge in [-0.1, -0.05) is 46.0 Å². The third kappa shape index (κ3) is 96.9. The summed E-state index contributed by atoms with van der Waals surface area (Å²) in [6.07, 6.45) is 7.01. The quantitative estimate of drug-likeness (QED) is 0.279. The Bertz CT molecular complexity index is 327. The van der Waals surface area contributed by atoms with Crippen molar-refractivity contribution in [3.8, 4) is 0 Å². The lowest BCUT2D eigenvalue weighted by atomic mass is 10.2. The van der Waals surface area contributed by atoms with Crippen molar-refractivity contribution in [1.29, 1.82) is 0 Å². The second-order valence-corrected chi connectivity index (χ2v) is 5.76. The average molecular weight is 453 g/mol. The standard InChI is InChI=1S/C7H16.4C4H8O2/c1-3-5-7-6-4-2;4*1-3-6-4(2)5/h3-7H2,1-2H3;4*3H2,1-2H3. The van der Waals surface area contributed by atoms with Crippen LogP contribution in [0.15, 0.2) is 0 Å². The molecule has 8 heteroatoms. The Morgan fingerprint density at radius 2 is 0.613 bits per heavy atom. The zero-order valence-corrected chi connectivity index (χ0v) is 21.6. The molecule has 0 aromatic rings. The number of esters is 4. The van der Waals surface area contributed by atoms with Gasteiger partial charge in [-0.15, -0.1) is 0 Å². The van der Waals surface area contributed by atoms with Crippen LogP contribution < -0.4 is 0 Å². The summed E-state index contributed by atoms with van der Waals surface area (Å²) in [5, 5.41) is 0. The highest BCUT2D eigenvalue weighted by molar-refractivity contribution is 5.66. The molecule has 0 aromatic carbocycles. The number of carbonyl (C=O) groups excluding carboxylic acids is 4. The molecular weight excluding hydrogens is 404 g/mol. The molecule has 0 rings (SSSR count). The van der Waals surface area contributed by atoms with Crippen molar-refractivity contribution >= 4 is 23.9 Å². The summed E-state index contributed by atoms with van der Waals surface area (Å²) in [4.78, 5) is 39.3. The first-order chi connectivity index (χ1) is 14.5. The third-order valence-corrected chi connectivity index (χ3v) is 2.60. The predicted molar refractivity (Wildman–Crippen MR) is 124 cm³/mol. The number of rotatable bonds is 8. The molecule has 188 valence electrons. The summed E-state index contributed by atoms with van der Waals surface area (Å²) in [5.41, 5.74) is 0. The maximum Gasteiger partial charge on any atom is 0.302 e. The van der Waals surface area contributed by atoms with Crippen molar-refractivity contribution < 1.29 is 38.1 Å². The maximum atomic E-state index is 9.82. The summed E-state index contributed by atoms with van der Waals surface area (Å²) in [6.45, 7) is 19.1. The van der Waals surface area contributed by atoms with Crippen LogP contribution in [-0.2, 0) is 38.1 Å². The van der Waals surface area contributed by atoms with E-state index in [1.807, 2.05) is 0 Å². The monoisotopic (exact) mass is 452 g/mol. The average Bonchev–Trinajstić information content (AvgIpc) is 2.64. The molecule has 0 radical (unpaired) electrons. The van der Waals surface area contributed by atoms with Gasteiger partial charge in [-0.2, -0.15) is 0 Å². The molecule has 8 nitrogen and oxygen atoms in total. The largest absolute Gasteiger partial charge is 0.466 e. The predicted octanol–water partition coefficient (Wildman–Crippen LogP) is 5.25. The Morgan fingerprint density at radius 3 is 0.677 bits per heavy atom. The molecule has 0 aliphatic heterocycles. The van der Waals surface area contributed by atoms with Gasteiger partial charge >= 0.3 is 23.9 Å². The fourth-order valence-electron chi connectivity index (χ4n) is 1.49. The molecule has 31 heavy (non-hydrogen) atoms. The van der Waals surface area contributed by atoms with E-state index < -0.39 is 0 Å². The molecule has 0 amide bonds. The smallest absolute Gasteiger partial charge is 0.302 e. The van der Waals surface area contributed by atoms with Gasteiger partial charge < -0.3 is 18.9 Å². The Morgan fingerprint density at radius 1 is 0.419 bits per heavy atom. The van der Waals surface area contributed by atoms with Gasteiger partial charge in [0.25, 0.3) is 0 Å². The summed E-state index contributed by atoms with van der Waals surface area (Å²) in [7, 11) is 0. The first-order valence-electron chi connectivity index (χ1n) is 11.0. The molecule has 0 aliphatic carbocycles. The molecule has 0 fully saturated rings. The number of carbonyl (C=O) groups is 4. The minimum atomic E-state index is -0.211. The molecule has 0 aliphatic rings. The van der Waals surface area contributed by atoms with Crippen molar-refractivity contribution in [2.24, 2.45) is 0 Å². The molecule has 0 heterocycles. The highest BCUT2D eigenvalue weighted by atomic mass is 16.5. The van der Waals surface area contributed by atoms with Crippen molar-refractivity contribution in [2.45, 2.75) is 101 Å². The summed E-state index contributed by atoms with van der Waals surface area (Å²) < 4.78 is 17.6. The fraction of sp³-hybridized carbons (Fsp3) is 0.826. The van der Waals surface area contributed by atoms with Gasteiger partial charge in [0.05, 0.1) is 26.4 Å². The van der Waals surface area contributed by atoms with Crippen LogP contribution >= 0.6 is 0 Å². The summed E-state index contributed by atoms with van der Waals surface area (Å²) >= 11 is 0. The van der Waals surface area contributed by atoms with E-state index in [9.17, 15) is 19.2 Å². The Labute approximate surface area is 190 Å². The van der Waals surface area contributed by atoms with Crippen LogP contribution in [0.2, 0.25) is 0 Å². The van der Waals surface area contributed by atoms with E-state index in [2.05, 4.69) is 32.8 Å². The lowest BCUT2D eigenvalue weighted by Gasteiger charge is -1.90. The minimum Gasteiger partial charge on any atom is -0.466 e. The van der Waals surface area contributed by atoms with Gasteiger partial charge in [0.2, 0.25) is 0 Å². The molecule has 0 saturated carbocycles. The Hall–Kier alpha value is -2.12. The van der Waals surface area contributed by atoms with Crippen molar-refractivity contribution in [1.82, 2.24) is 0 Å². The molecule has 0 aromatic heterocycles. The molecule has 0 N–H and O–H groups in total. The van der Waals surface area contributed by atoms with E-state index in [4.69, 9.17) is 0 Å². The van der Waals surface area contributed by atoms with E-state index in [1.165, 1.54) is 59.8 Å². The SMILES string of the molecule is CCCCCCC.CCOC(C)=O.CCOC(C)=O.CCOC(C)=O.CCOC(C)=O. The zero-order chi connectivity index (χ0) is 25.5. The second-order valence-electron chi connectivity index (χ2n) is 5.76. The number of ether oxygens (including phenoxy) is 4. The second kappa shape index (κ2) is 38.5. The maximum absolute atomic E-state index is 9.82. The van der Waals surface area contributed by atoms with E-state index in [0.717, 1.165) is 0 Å². The van der Waals surface area contributed by atoms with Gasteiger partial charge in [0, 0.05) is 27.7 Å².